The molecule has 2 aromatic carbocycles. The van der Waals surface area contributed by atoms with Gasteiger partial charge < -0.3 is 33.2 Å². The van der Waals surface area contributed by atoms with Crippen LogP contribution in [0.25, 0.3) is 0 Å². The molecule has 0 N–H and O–H groups in total. The number of benzene rings is 2. The summed E-state index contributed by atoms with van der Waals surface area (Å²) < 4.78 is 7.98. The highest BCUT2D eigenvalue weighted by Gasteiger charge is 2.51. The molecule has 2 atom stereocenters. The first-order valence-electron chi connectivity index (χ1n) is 8.87. The van der Waals surface area contributed by atoms with Crippen LogP contribution in [0.3, 0.4) is 0 Å². The van der Waals surface area contributed by atoms with E-state index in [4.69, 9.17) is 4.74 Å². The van der Waals surface area contributed by atoms with Crippen molar-refractivity contribution in [1.29, 1.82) is 0 Å². The topological polar surface area (TPSA) is 9.23 Å². The lowest BCUT2D eigenvalue weighted by Gasteiger charge is -2.36. The number of thioether (sulfide) groups is 1. The number of hydrogen-bond donors (Lipinski definition) is 0. The van der Waals surface area contributed by atoms with Gasteiger partial charge in [-0.15, -0.1) is 11.8 Å². The summed E-state index contributed by atoms with van der Waals surface area (Å²) in [6, 6.07) is 22.1. The number of rotatable bonds is 3. The maximum absolute atomic E-state index is 6.89. The lowest BCUT2D eigenvalue weighted by Crippen LogP contribution is -3.00. The average Bonchev–Trinajstić information content (AvgIpc) is 3.20. The fourth-order valence-corrected chi connectivity index (χ4v) is 5.80. The van der Waals surface area contributed by atoms with Crippen LogP contribution < -0.4 is 24.0 Å². The third-order valence-corrected chi connectivity index (χ3v) is 7.11. The second-order valence-corrected chi connectivity index (χ2v) is 8.72. The van der Waals surface area contributed by atoms with Gasteiger partial charge in [-0.1, -0.05) is 60.7 Å². The Morgan fingerprint density at radius 1 is 0.960 bits per heavy atom. The quantitative estimate of drug-likeness (QED) is 0.497. The first-order valence-corrected chi connectivity index (χ1v) is 9.86. The Bertz CT molecular complexity index is 652. The summed E-state index contributed by atoms with van der Waals surface area (Å²) in [5.41, 5.74) is 2.51. The molecular weight excluding hydrogens is 441 g/mol. The van der Waals surface area contributed by atoms with Gasteiger partial charge in [0.2, 0.25) is 0 Å². The Morgan fingerprint density at radius 2 is 1.52 bits per heavy atom. The monoisotopic (exact) mass is 467 g/mol. The number of halogens is 1. The zero-order valence-corrected chi connectivity index (χ0v) is 17.9. The van der Waals surface area contributed by atoms with E-state index in [0.29, 0.717) is 12.1 Å². The molecule has 2 fully saturated rings. The number of likely N-dealkylation sites (N-methyl/N-ethyl adjacent to an activating group) is 1. The molecule has 2 aliphatic rings. The minimum Gasteiger partial charge on any atom is -1.00 e. The van der Waals surface area contributed by atoms with E-state index in [1.54, 1.807) is 0 Å². The molecule has 4 rings (SSSR count). The molecule has 25 heavy (non-hydrogen) atoms. The molecule has 2 aromatic rings. The summed E-state index contributed by atoms with van der Waals surface area (Å²) in [5, 5.41) is 0. The molecule has 4 heteroatoms. The highest BCUT2D eigenvalue weighted by atomic mass is 127. The summed E-state index contributed by atoms with van der Waals surface area (Å²) in [6.07, 6.45) is 2.90. The Hall–Kier alpha value is -0.560. The van der Waals surface area contributed by atoms with E-state index in [9.17, 15) is 0 Å². The number of ether oxygens (including phenoxy) is 1. The standard InChI is InChI=1S/C21H26NOS.HI/c1-22(2)15-9-14-19(22)20-16-24-21(23-20,17-10-5-3-6-11-17)18-12-7-4-8-13-18;/h3-8,10-13,19-20H,9,14-16H2,1-2H3;1H/q+1;/p-1/t19-,20+;/m0./s1. The molecule has 0 amide bonds. The average molecular weight is 467 g/mol. The van der Waals surface area contributed by atoms with Crippen molar-refractivity contribution in [3.63, 3.8) is 0 Å². The molecule has 134 valence electrons. The van der Waals surface area contributed by atoms with Crippen LogP contribution in [0.1, 0.15) is 24.0 Å². The van der Waals surface area contributed by atoms with Crippen LogP contribution in [0.2, 0.25) is 0 Å². The molecule has 0 unspecified atom stereocenters. The van der Waals surface area contributed by atoms with Gasteiger partial charge in [0.15, 0.2) is 4.93 Å². The van der Waals surface area contributed by atoms with Crippen LogP contribution in [0, 0.1) is 0 Å². The Balaban J connectivity index is 0.00000182. The first-order chi connectivity index (χ1) is 11.6. The van der Waals surface area contributed by atoms with Crippen molar-refractivity contribution in [3.8, 4) is 0 Å². The van der Waals surface area contributed by atoms with Gasteiger partial charge >= 0.3 is 0 Å². The fraction of sp³-hybridized carbons (Fsp3) is 0.429. The summed E-state index contributed by atoms with van der Waals surface area (Å²) in [4.78, 5) is -0.365. The van der Waals surface area contributed by atoms with Crippen LogP contribution in [-0.2, 0) is 9.67 Å². The first kappa shape index (κ1) is 19.2. The van der Waals surface area contributed by atoms with Gasteiger partial charge in [-0.05, 0) is 11.1 Å². The van der Waals surface area contributed by atoms with Gasteiger partial charge in [0.1, 0.15) is 12.1 Å². The van der Waals surface area contributed by atoms with Crippen LogP contribution in [0.5, 0.6) is 0 Å². The van der Waals surface area contributed by atoms with Gasteiger partial charge in [0, 0.05) is 18.6 Å². The SMILES string of the molecule is C[N+]1(C)CCC[C@H]1[C@H]1CSC(c2ccccc2)(c2ccccc2)O1.[I-]. The zero-order chi connectivity index (χ0) is 16.6. The highest BCUT2D eigenvalue weighted by Crippen LogP contribution is 2.51. The van der Waals surface area contributed by atoms with Crippen LogP contribution in [-0.4, -0.2) is 43.0 Å². The summed E-state index contributed by atoms with van der Waals surface area (Å²) in [5.74, 6) is 1.07. The zero-order valence-electron chi connectivity index (χ0n) is 14.9. The largest absolute Gasteiger partial charge is 1.00 e. The molecule has 0 spiro atoms. The van der Waals surface area contributed by atoms with Crippen molar-refractivity contribution in [3.05, 3.63) is 71.8 Å². The van der Waals surface area contributed by atoms with Gasteiger partial charge in [-0.3, -0.25) is 0 Å². The Morgan fingerprint density at radius 3 is 2.00 bits per heavy atom. The van der Waals surface area contributed by atoms with Crippen LogP contribution in [0.4, 0.5) is 0 Å². The van der Waals surface area contributed by atoms with Gasteiger partial charge in [0.05, 0.1) is 20.6 Å². The number of hydrogen-bond acceptors (Lipinski definition) is 2. The Labute approximate surface area is 172 Å². The van der Waals surface area contributed by atoms with Crippen molar-refractivity contribution in [2.75, 3.05) is 26.4 Å². The van der Waals surface area contributed by atoms with Crippen molar-refractivity contribution in [1.82, 2.24) is 0 Å². The van der Waals surface area contributed by atoms with E-state index in [2.05, 4.69) is 74.8 Å². The molecule has 2 saturated heterocycles. The number of likely N-dealkylation sites (tertiary alicyclic amines) is 1. The molecule has 2 heterocycles. The van der Waals surface area contributed by atoms with E-state index in [0.717, 1.165) is 10.2 Å². The van der Waals surface area contributed by atoms with E-state index in [1.807, 2.05) is 11.8 Å². The smallest absolute Gasteiger partial charge is 0.165 e. The minimum absolute atomic E-state index is 0. The molecule has 2 aliphatic heterocycles. The summed E-state index contributed by atoms with van der Waals surface area (Å²) in [6.45, 7) is 1.26. The van der Waals surface area contributed by atoms with E-state index in [-0.39, 0.29) is 28.9 Å². The predicted octanol–water partition coefficient (Wildman–Crippen LogP) is 1.26. The molecule has 0 aliphatic carbocycles. The third kappa shape index (κ3) is 3.51. The van der Waals surface area contributed by atoms with Crippen molar-refractivity contribution < 1.29 is 33.2 Å². The van der Waals surface area contributed by atoms with Crippen LogP contribution >= 0.6 is 11.8 Å². The molecule has 0 radical (unpaired) electrons. The van der Waals surface area contributed by atoms with E-state index < -0.39 is 0 Å². The van der Waals surface area contributed by atoms with Gasteiger partial charge in [0.25, 0.3) is 0 Å². The Kier molecular flexibility index (Phi) is 5.83. The van der Waals surface area contributed by atoms with Gasteiger partial charge in [-0.2, -0.15) is 0 Å². The maximum Gasteiger partial charge on any atom is 0.165 e. The lowest BCUT2D eigenvalue weighted by atomic mass is 9.99. The van der Waals surface area contributed by atoms with Crippen LogP contribution in [0.15, 0.2) is 60.7 Å². The third-order valence-electron chi connectivity index (χ3n) is 5.64. The van der Waals surface area contributed by atoms with E-state index in [1.165, 1.54) is 30.5 Å². The second kappa shape index (κ2) is 7.59. The lowest BCUT2D eigenvalue weighted by molar-refractivity contribution is -0.905. The molecule has 0 bridgehead atoms. The minimum atomic E-state index is -0.365. The van der Waals surface area contributed by atoms with E-state index >= 15 is 0 Å². The predicted molar refractivity (Wildman–Crippen MR) is 101 cm³/mol. The molecule has 0 aromatic heterocycles. The summed E-state index contributed by atoms with van der Waals surface area (Å²) >= 11 is 1.96. The van der Waals surface area contributed by atoms with Crippen molar-refractivity contribution >= 4 is 11.8 Å². The molecular formula is C21H26INOS. The second-order valence-electron chi connectivity index (χ2n) is 7.53. The molecule has 0 saturated carbocycles. The highest BCUT2D eigenvalue weighted by molar-refractivity contribution is 8.00. The summed E-state index contributed by atoms with van der Waals surface area (Å²) in [7, 11) is 4.72. The molecule has 2 nitrogen and oxygen atoms in total. The number of nitrogens with zero attached hydrogens (tertiary/aromatic N) is 1. The van der Waals surface area contributed by atoms with Gasteiger partial charge in [-0.25, -0.2) is 0 Å². The van der Waals surface area contributed by atoms with Crippen molar-refractivity contribution in [2.24, 2.45) is 0 Å². The number of quaternary nitrogens is 1. The van der Waals surface area contributed by atoms with Crippen molar-refractivity contribution in [2.45, 2.75) is 29.9 Å². The normalized spacial score (nSPS) is 27.0. The fourth-order valence-electron chi connectivity index (χ4n) is 4.31. The maximum atomic E-state index is 6.89.